The Morgan fingerprint density at radius 2 is 2.16 bits per heavy atom. The zero-order chi connectivity index (χ0) is 13.2. The van der Waals surface area contributed by atoms with Gasteiger partial charge in [-0.25, -0.2) is 4.39 Å². The van der Waals surface area contributed by atoms with Gasteiger partial charge in [0.15, 0.2) is 11.4 Å². The molecule has 2 nitrogen and oxygen atoms in total. The number of halogens is 1. The molecule has 0 saturated heterocycles. The molecular formula is C15H18FNOS. The third kappa shape index (κ3) is 2.79. The van der Waals surface area contributed by atoms with Crippen LogP contribution in [0.2, 0.25) is 0 Å². The zero-order valence-corrected chi connectivity index (χ0v) is 11.6. The predicted molar refractivity (Wildman–Crippen MR) is 77.8 cm³/mol. The van der Waals surface area contributed by atoms with Crippen molar-refractivity contribution < 1.29 is 8.81 Å². The van der Waals surface area contributed by atoms with Crippen LogP contribution in [0, 0.1) is 5.82 Å². The molecule has 0 radical (unpaired) electrons. The second kappa shape index (κ2) is 5.55. The predicted octanol–water partition coefficient (Wildman–Crippen LogP) is 4.25. The summed E-state index contributed by atoms with van der Waals surface area (Å²) < 4.78 is 19.1. The Hall–Kier alpha value is -1.00. The van der Waals surface area contributed by atoms with Gasteiger partial charge in [0.05, 0.1) is 6.04 Å². The van der Waals surface area contributed by atoms with Crippen LogP contribution in [0.3, 0.4) is 0 Å². The van der Waals surface area contributed by atoms with Gasteiger partial charge in [0.1, 0.15) is 5.76 Å². The molecule has 1 aromatic heterocycles. The largest absolute Gasteiger partial charge is 0.456 e. The monoisotopic (exact) mass is 279 g/mol. The molecule has 4 heteroatoms. The van der Waals surface area contributed by atoms with Crippen LogP contribution < -0.4 is 5.73 Å². The summed E-state index contributed by atoms with van der Waals surface area (Å²) >= 11 is 1.92. The van der Waals surface area contributed by atoms with Gasteiger partial charge < -0.3 is 10.2 Å². The van der Waals surface area contributed by atoms with Crippen molar-refractivity contribution in [2.45, 2.75) is 37.0 Å². The van der Waals surface area contributed by atoms with Crippen LogP contribution in [-0.2, 0) is 0 Å². The van der Waals surface area contributed by atoms with Crippen LogP contribution in [0.15, 0.2) is 28.7 Å². The van der Waals surface area contributed by atoms with Crippen molar-refractivity contribution in [1.82, 2.24) is 0 Å². The average molecular weight is 279 g/mol. The molecule has 1 aliphatic rings. The molecule has 1 aliphatic carbocycles. The fraction of sp³-hybridized carbons (Fsp3) is 0.467. The fourth-order valence-corrected chi connectivity index (χ4v) is 3.92. The van der Waals surface area contributed by atoms with Gasteiger partial charge in [-0.15, -0.1) is 0 Å². The molecule has 0 bridgehead atoms. The van der Waals surface area contributed by atoms with Crippen molar-refractivity contribution in [1.29, 1.82) is 0 Å². The maximum atomic E-state index is 13.6. The first kappa shape index (κ1) is 13.0. The van der Waals surface area contributed by atoms with E-state index in [4.69, 9.17) is 10.2 Å². The summed E-state index contributed by atoms with van der Waals surface area (Å²) in [5, 5.41) is 1.53. The minimum Gasteiger partial charge on any atom is -0.456 e. The highest BCUT2D eigenvalue weighted by atomic mass is 32.2. The molecular weight excluding hydrogens is 261 g/mol. The molecule has 2 aromatic rings. The third-order valence-corrected chi connectivity index (χ3v) is 5.19. The van der Waals surface area contributed by atoms with E-state index in [1.165, 1.54) is 31.7 Å². The molecule has 0 spiro atoms. The Kier molecular flexibility index (Phi) is 3.80. The summed E-state index contributed by atoms with van der Waals surface area (Å²) in [4.78, 5) is 0. The van der Waals surface area contributed by atoms with E-state index < -0.39 is 0 Å². The lowest BCUT2D eigenvalue weighted by Gasteiger charge is -2.12. The van der Waals surface area contributed by atoms with Crippen molar-refractivity contribution in [2.24, 2.45) is 5.73 Å². The quantitative estimate of drug-likeness (QED) is 0.909. The molecule has 1 atom stereocenters. The Balaban J connectivity index is 1.70. The maximum absolute atomic E-state index is 13.6. The normalized spacial score (nSPS) is 18.2. The van der Waals surface area contributed by atoms with Gasteiger partial charge >= 0.3 is 0 Å². The lowest BCUT2D eigenvalue weighted by atomic mass is 10.2. The molecule has 0 aliphatic heterocycles. The van der Waals surface area contributed by atoms with E-state index in [1.54, 1.807) is 6.07 Å². The highest BCUT2D eigenvalue weighted by molar-refractivity contribution is 7.99. The molecule has 1 fully saturated rings. The van der Waals surface area contributed by atoms with Crippen LogP contribution in [0.25, 0.3) is 11.0 Å². The van der Waals surface area contributed by atoms with Gasteiger partial charge in [-0.05, 0) is 25.0 Å². The molecule has 1 aromatic carbocycles. The van der Waals surface area contributed by atoms with Gasteiger partial charge in [-0.3, -0.25) is 0 Å². The molecule has 19 heavy (non-hydrogen) atoms. The standard InChI is InChI=1S/C15H18FNOS/c16-12-7-3-4-10-8-14(18-15(10)12)13(17)9-19-11-5-1-2-6-11/h3-4,7-8,11,13H,1-2,5-6,9,17H2. The molecule has 2 N–H and O–H groups in total. The third-order valence-electron chi connectivity index (χ3n) is 3.69. The van der Waals surface area contributed by atoms with Gasteiger partial charge in [0.25, 0.3) is 0 Å². The molecule has 1 saturated carbocycles. The molecule has 3 rings (SSSR count). The molecule has 102 valence electrons. The van der Waals surface area contributed by atoms with E-state index in [1.807, 2.05) is 23.9 Å². The smallest absolute Gasteiger partial charge is 0.169 e. The Bertz CT molecular complexity index is 562. The Labute approximate surface area is 116 Å². The number of para-hydroxylation sites is 1. The highest BCUT2D eigenvalue weighted by Crippen LogP contribution is 2.32. The number of hydrogen-bond acceptors (Lipinski definition) is 3. The first-order valence-electron chi connectivity index (χ1n) is 6.79. The van der Waals surface area contributed by atoms with Crippen molar-refractivity contribution in [3.05, 3.63) is 35.8 Å². The van der Waals surface area contributed by atoms with Crippen molar-refractivity contribution in [3.8, 4) is 0 Å². The number of benzene rings is 1. The van der Waals surface area contributed by atoms with Crippen LogP contribution in [0.1, 0.15) is 37.5 Å². The van der Waals surface area contributed by atoms with E-state index in [9.17, 15) is 4.39 Å². The summed E-state index contributed by atoms with van der Waals surface area (Å²) in [5.41, 5.74) is 6.47. The van der Waals surface area contributed by atoms with Gasteiger partial charge in [-0.1, -0.05) is 25.0 Å². The fourth-order valence-electron chi connectivity index (χ4n) is 2.61. The lowest BCUT2D eigenvalue weighted by molar-refractivity contribution is 0.495. The minimum atomic E-state index is -0.320. The summed E-state index contributed by atoms with van der Waals surface area (Å²) in [7, 11) is 0. The second-order valence-electron chi connectivity index (χ2n) is 5.15. The lowest BCUT2D eigenvalue weighted by Crippen LogP contribution is -2.13. The van der Waals surface area contributed by atoms with Crippen molar-refractivity contribution >= 4 is 22.7 Å². The van der Waals surface area contributed by atoms with Crippen LogP contribution in [0.4, 0.5) is 4.39 Å². The molecule has 0 amide bonds. The van der Waals surface area contributed by atoms with Crippen molar-refractivity contribution in [2.75, 3.05) is 5.75 Å². The first-order valence-corrected chi connectivity index (χ1v) is 7.84. The number of fused-ring (bicyclic) bond motifs is 1. The van der Waals surface area contributed by atoms with Crippen LogP contribution in [0.5, 0.6) is 0 Å². The number of nitrogens with two attached hydrogens (primary N) is 1. The van der Waals surface area contributed by atoms with Gasteiger partial charge in [0.2, 0.25) is 0 Å². The van der Waals surface area contributed by atoms with Gasteiger partial charge in [-0.2, -0.15) is 11.8 Å². The average Bonchev–Trinajstić information content (AvgIpc) is 3.05. The molecule has 1 heterocycles. The van der Waals surface area contributed by atoms with E-state index in [-0.39, 0.29) is 11.9 Å². The maximum Gasteiger partial charge on any atom is 0.169 e. The van der Waals surface area contributed by atoms with Gasteiger partial charge in [0, 0.05) is 16.4 Å². The Morgan fingerprint density at radius 3 is 2.89 bits per heavy atom. The van der Waals surface area contributed by atoms with Crippen LogP contribution in [-0.4, -0.2) is 11.0 Å². The van der Waals surface area contributed by atoms with E-state index >= 15 is 0 Å². The number of hydrogen-bond donors (Lipinski definition) is 1. The minimum absolute atomic E-state index is 0.155. The summed E-state index contributed by atoms with van der Waals surface area (Å²) in [6.07, 6.45) is 5.27. The highest BCUT2D eigenvalue weighted by Gasteiger charge is 2.19. The topological polar surface area (TPSA) is 39.2 Å². The van der Waals surface area contributed by atoms with E-state index in [0.29, 0.717) is 11.3 Å². The Morgan fingerprint density at radius 1 is 1.37 bits per heavy atom. The SMILES string of the molecule is NC(CSC1CCCC1)c1cc2cccc(F)c2o1. The second-order valence-corrected chi connectivity index (χ2v) is 6.49. The number of rotatable bonds is 4. The molecule has 1 unspecified atom stereocenters. The van der Waals surface area contributed by atoms with E-state index in [0.717, 1.165) is 16.4 Å². The summed E-state index contributed by atoms with van der Waals surface area (Å²) in [6.45, 7) is 0. The summed E-state index contributed by atoms with van der Waals surface area (Å²) in [6, 6.07) is 6.66. The number of furan rings is 1. The van der Waals surface area contributed by atoms with Crippen LogP contribution >= 0.6 is 11.8 Å². The number of thioether (sulfide) groups is 1. The first-order chi connectivity index (χ1) is 9.24. The van der Waals surface area contributed by atoms with Crippen molar-refractivity contribution in [3.63, 3.8) is 0 Å². The summed E-state index contributed by atoms with van der Waals surface area (Å²) in [5.74, 6) is 1.21. The van der Waals surface area contributed by atoms with E-state index in [2.05, 4.69) is 0 Å². The zero-order valence-electron chi connectivity index (χ0n) is 10.8.